The van der Waals surface area contributed by atoms with Crippen LogP contribution in [0.4, 0.5) is 0 Å². The minimum atomic E-state index is -0.982. The van der Waals surface area contributed by atoms with E-state index in [0.717, 1.165) is 16.9 Å². The van der Waals surface area contributed by atoms with Crippen LogP contribution in [-0.4, -0.2) is 23.0 Å². The lowest BCUT2D eigenvalue weighted by atomic mass is 10.1. The molecular weight excluding hydrogens is 238 g/mol. The summed E-state index contributed by atoms with van der Waals surface area (Å²) < 4.78 is 0. The van der Waals surface area contributed by atoms with Gasteiger partial charge in [0.15, 0.2) is 0 Å². The molecule has 1 amide bonds. The largest absolute Gasteiger partial charge is 0.480 e. The van der Waals surface area contributed by atoms with E-state index in [2.05, 4.69) is 5.32 Å². The highest BCUT2D eigenvalue weighted by molar-refractivity contribution is 7.10. The summed E-state index contributed by atoms with van der Waals surface area (Å²) in [5.74, 6) is -1.28. The number of carbonyl (C=O) groups is 2. The number of carboxylic acid groups (broad SMARTS) is 1. The molecule has 0 spiro atoms. The molecule has 0 saturated carbocycles. The Hall–Kier alpha value is -1.36. The zero-order chi connectivity index (χ0) is 13.0. The Morgan fingerprint density at radius 3 is 2.53 bits per heavy atom. The second-order valence-corrected chi connectivity index (χ2v) is 5.07. The van der Waals surface area contributed by atoms with Crippen LogP contribution in [-0.2, 0) is 4.79 Å². The number of aryl methyl sites for hydroxylation is 1. The van der Waals surface area contributed by atoms with E-state index in [9.17, 15) is 9.59 Å². The number of thiophene rings is 1. The monoisotopic (exact) mass is 255 g/mol. The Balaban J connectivity index is 2.77. The number of carbonyl (C=O) groups excluding carboxylic acids is 1. The fourth-order valence-electron chi connectivity index (χ4n) is 1.52. The summed E-state index contributed by atoms with van der Waals surface area (Å²) in [6.07, 6.45) is 1.17. The molecule has 0 aliphatic carbocycles. The van der Waals surface area contributed by atoms with Gasteiger partial charge in [-0.2, -0.15) is 0 Å². The van der Waals surface area contributed by atoms with E-state index in [1.807, 2.05) is 20.8 Å². The third kappa shape index (κ3) is 3.30. The van der Waals surface area contributed by atoms with Crippen molar-refractivity contribution >= 4 is 23.2 Å². The highest BCUT2D eigenvalue weighted by Crippen LogP contribution is 2.20. The Morgan fingerprint density at radius 1 is 1.47 bits per heavy atom. The third-order valence-electron chi connectivity index (χ3n) is 2.71. The fraction of sp³-hybridized carbons (Fsp3) is 0.500. The average Bonchev–Trinajstić information content (AvgIpc) is 2.59. The Morgan fingerprint density at radius 2 is 2.12 bits per heavy atom. The smallest absolute Gasteiger partial charge is 0.326 e. The van der Waals surface area contributed by atoms with Gasteiger partial charge in [-0.1, -0.05) is 13.3 Å². The van der Waals surface area contributed by atoms with Crippen molar-refractivity contribution in [3.63, 3.8) is 0 Å². The lowest BCUT2D eigenvalue weighted by Gasteiger charge is -2.13. The summed E-state index contributed by atoms with van der Waals surface area (Å²) in [5, 5.41) is 13.3. The first kappa shape index (κ1) is 13.7. The molecule has 5 heteroatoms. The van der Waals surface area contributed by atoms with E-state index in [4.69, 9.17) is 5.11 Å². The summed E-state index contributed by atoms with van der Waals surface area (Å²) >= 11 is 1.50. The molecule has 1 aromatic rings. The number of hydrogen-bond donors (Lipinski definition) is 2. The van der Waals surface area contributed by atoms with Gasteiger partial charge in [0.1, 0.15) is 6.04 Å². The summed E-state index contributed by atoms with van der Waals surface area (Å²) in [7, 11) is 0. The van der Waals surface area contributed by atoms with Crippen LogP contribution < -0.4 is 5.32 Å². The first-order chi connectivity index (χ1) is 7.97. The first-order valence-corrected chi connectivity index (χ1v) is 6.43. The molecule has 0 aliphatic heterocycles. The van der Waals surface area contributed by atoms with E-state index < -0.39 is 12.0 Å². The second-order valence-electron chi connectivity index (χ2n) is 3.98. The van der Waals surface area contributed by atoms with Crippen molar-refractivity contribution in [1.29, 1.82) is 0 Å². The summed E-state index contributed by atoms with van der Waals surface area (Å²) in [5.41, 5.74) is 1.50. The predicted molar refractivity (Wildman–Crippen MR) is 67.6 cm³/mol. The molecule has 1 aromatic heterocycles. The van der Waals surface area contributed by atoms with Crippen LogP contribution in [0.5, 0.6) is 0 Å². The highest BCUT2D eigenvalue weighted by atomic mass is 32.1. The van der Waals surface area contributed by atoms with Crippen LogP contribution in [0.1, 0.15) is 40.6 Å². The molecule has 1 unspecified atom stereocenters. The Labute approximate surface area is 105 Å². The lowest BCUT2D eigenvalue weighted by molar-refractivity contribution is -0.139. The highest BCUT2D eigenvalue weighted by Gasteiger charge is 2.21. The van der Waals surface area contributed by atoms with Crippen LogP contribution in [0.3, 0.4) is 0 Å². The van der Waals surface area contributed by atoms with Gasteiger partial charge in [0.2, 0.25) is 0 Å². The molecule has 0 radical (unpaired) electrons. The molecule has 1 heterocycles. The van der Waals surface area contributed by atoms with Crippen LogP contribution in [0, 0.1) is 13.8 Å². The van der Waals surface area contributed by atoms with E-state index in [1.54, 1.807) is 5.38 Å². The van der Waals surface area contributed by atoms with E-state index in [-0.39, 0.29) is 5.91 Å². The topological polar surface area (TPSA) is 66.4 Å². The number of amides is 1. The van der Waals surface area contributed by atoms with Gasteiger partial charge < -0.3 is 10.4 Å². The maximum absolute atomic E-state index is 11.9. The molecular formula is C12H17NO3S. The summed E-state index contributed by atoms with van der Waals surface area (Å²) in [6.45, 7) is 5.70. The molecule has 0 bridgehead atoms. The van der Waals surface area contributed by atoms with Gasteiger partial charge in [-0.05, 0) is 25.8 Å². The summed E-state index contributed by atoms with van der Waals surface area (Å²) in [6, 6.07) is -0.799. The van der Waals surface area contributed by atoms with Gasteiger partial charge in [-0.25, -0.2) is 4.79 Å². The number of rotatable bonds is 5. The summed E-state index contributed by atoms with van der Waals surface area (Å²) in [4.78, 5) is 23.9. The standard InChI is InChI=1S/C12H17NO3S/c1-4-5-10(12(15)16)13-11(14)9-6-17-8(3)7(9)2/h6,10H,4-5H2,1-3H3,(H,13,14)(H,15,16). The minimum absolute atomic E-state index is 0.298. The fourth-order valence-corrected chi connectivity index (χ4v) is 2.38. The van der Waals surface area contributed by atoms with Crippen molar-refractivity contribution in [3.8, 4) is 0 Å². The van der Waals surface area contributed by atoms with Crippen molar-refractivity contribution < 1.29 is 14.7 Å². The lowest BCUT2D eigenvalue weighted by Crippen LogP contribution is -2.40. The molecule has 4 nitrogen and oxygen atoms in total. The Bertz CT molecular complexity index is 425. The van der Waals surface area contributed by atoms with Gasteiger partial charge in [0.25, 0.3) is 5.91 Å². The van der Waals surface area contributed by atoms with Crippen molar-refractivity contribution in [2.75, 3.05) is 0 Å². The normalized spacial score (nSPS) is 12.2. The van der Waals surface area contributed by atoms with Crippen LogP contribution >= 0.6 is 11.3 Å². The molecule has 0 aliphatic rings. The first-order valence-electron chi connectivity index (χ1n) is 5.55. The number of hydrogen-bond acceptors (Lipinski definition) is 3. The molecule has 0 fully saturated rings. The van der Waals surface area contributed by atoms with E-state index >= 15 is 0 Å². The molecule has 17 heavy (non-hydrogen) atoms. The van der Waals surface area contributed by atoms with E-state index in [0.29, 0.717) is 12.0 Å². The van der Waals surface area contributed by atoms with Gasteiger partial charge in [-0.15, -0.1) is 11.3 Å². The quantitative estimate of drug-likeness (QED) is 0.848. The predicted octanol–water partition coefficient (Wildman–Crippen LogP) is 2.35. The zero-order valence-corrected chi connectivity index (χ0v) is 11.1. The zero-order valence-electron chi connectivity index (χ0n) is 10.2. The second kappa shape index (κ2) is 5.82. The molecule has 0 saturated heterocycles. The van der Waals surface area contributed by atoms with Gasteiger partial charge in [0.05, 0.1) is 5.56 Å². The third-order valence-corrected chi connectivity index (χ3v) is 3.72. The minimum Gasteiger partial charge on any atom is -0.480 e. The van der Waals surface area contributed by atoms with Gasteiger partial charge in [0, 0.05) is 10.3 Å². The maximum atomic E-state index is 11.9. The van der Waals surface area contributed by atoms with Crippen LogP contribution in [0.15, 0.2) is 5.38 Å². The molecule has 1 rings (SSSR count). The van der Waals surface area contributed by atoms with Crippen LogP contribution in [0.25, 0.3) is 0 Å². The SMILES string of the molecule is CCCC(NC(=O)c1csc(C)c1C)C(=O)O. The number of aliphatic carboxylic acids is 1. The van der Waals surface area contributed by atoms with Gasteiger partial charge in [-0.3, -0.25) is 4.79 Å². The molecule has 0 aromatic carbocycles. The average molecular weight is 255 g/mol. The molecule has 94 valence electrons. The van der Waals surface area contributed by atoms with Crippen molar-refractivity contribution in [1.82, 2.24) is 5.32 Å². The van der Waals surface area contributed by atoms with Crippen LogP contribution in [0.2, 0.25) is 0 Å². The maximum Gasteiger partial charge on any atom is 0.326 e. The number of nitrogens with one attached hydrogen (secondary N) is 1. The van der Waals surface area contributed by atoms with Crippen molar-refractivity contribution in [2.45, 2.75) is 39.7 Å². The molecule has 2 N–H and O–H groups in total. The number of carboxylic acids is 1. The van der Waals surface area contributed by atoms with Crippen molar-refractivity contribution in [2.24, 2.45) is 0 Å². The Kier molecular flexibility index (Phi) is 4.69. The van der Waals surface area contributed by atoms with E-state index in [1.165, 1.54) is 11.3 Å². The van der Waals surface area contributed by atoms with Crippen molar-refractivity contribution in [3.05, 3.63) is 21.4 Å². The van der Waals surface area contributed by atoms with Gasteiger partial charge >= 0.3 is 5.97 Å². The molecule has 1 atom stereocenters.